The molecule has 5 unspecified atom stereocenters. The highest BCUT2D eigenvalue weighted by Crippen LogP contribution is 2.40. The molecule has 0 saturated carbocycles. The normalized spacial score (nSPS) is 12.5. The van der Waals surface area contributed by atoms with E-state index in [9.17, 15) is 139 Å². The van der Waals surface area contributed by atoms with Gasteiger partial charge in [-0.15, -0.1) is 0 Å². The molecule has 1 aromatic heterocycles. The smallest absolute Gasteiger partial charge is 0.416 e. The fourth-order valence-corrected chi connectivity index (χ4v) is 12.6. The molecule has 0 aliphatic carbocycles. The maximum atomic E-state index is 13.0. The van der Waals surface area contributed by atoms with Crippen LogP contribution in [0.3, 0.4) is 0 Å². The number of amides is 2. The van der Waals surface area contributed by atoms with E-state index in [1.54, 1.807) is 61.5 Å². The Morgan fingerprint density at radius 2 is 0.766 bits per heavy atom. The minimum Gasteiger partial charge on any atom is -0.478 e. The summed E-state index contributed by atoms with van der Waals surface area (Å²) in [5, 5.41) is 20.7. The summed E-state index contributed by atoms with van der Waals surface area (Å²) in [5.74, 6) is -3.84. The van der Waals surface area contributed by atoms with Crippen molar-refractivity contribution in [3.05, 3.63) is 329 Å². The summed E-state index contributed by atoms with van der Waals surface area (Å²) in [6, 6.07) is 24.6. The Labute approximate surface area is 802 Å². The lowest BCUT2D eigenvalue weighted by Gasteiger charge is -2.22. The van der Waals surface area contributed by atoms with Crippen LogP contribution in [0.1, 0.15) is 246 Å². The van der Waals surface area contributed by atoms with Crippen molar-refractivity contribution in [2.45, 2.75) is 181 Å². The largest absolute Gasteiger partial charge is 0.478 e. The zero-order chi connectivity index (χ0) is 108. The number of esters is 1. The number of alkyl carbamates (subject to hydrolysis) is 1. The van der Waals surface area contributed by atoms with E-state index in [-0.39, 0.29) is 73.5 Å². The van der Waals surface area contributed by atoms with Crippen LogP contribution in [0, 0.1) is 0 Å². The molecule has 0 aliphatic rings. The molecule has 141 heavy (non-hydrogen) atoms. The molecule has 2 amide bonds. The number of nitrogens with two attached hydrogens (primary N) is 2. The minimum atomic E-state index is -4.48. The highest BCUT2D eigenvalue weighted by Gasteiger charge is 2.39. The van der Waals surface area contributed by atoms with Gasteiger partial charge in [0.15, 0.2) is 5.78 Å². The van der Waals surface area contributed by atoms with Crippen molar-refractivity contribution >= 4 is 82.0 Å². The molecule has 5 atom stereocenters. The third kappa shape index (κ3) is 40.1. The summed E-state index contributed by atoms with van der Waals surface area (Å²) < 4.78 is 309. The van der Waals surface area contributed by atoms with Gasteiger partial charge in [-0.05, 0) is 266 Å². The van der Waals surface area contributed by atoms with Crippen LogP contribution in [0.4, 0.5) is 110 Å². The molecule has 8 aromatic carbocycles. The number of ether oxygens (including phenoxy) is 2. The first-order valence-electron chi connectivity index (χ1n) is 41.1. The molecule has 0 aliphatic heterocycles. The number of isocyanates is 1. The number of carbonyl (C=O) groups is 6. The molecule has 0 spiro atoms. The number of alkyl halides is 24. The molecule has 9 rings (SSSR count). The van der Waals surface area contributed by atoms with E-state index >= 15 is 0 Å². The third-order valence-electron chi connectivity index (χ3n) is 19.2. The van der Waals surface area contributed by atoms with Crippen molar-refractivity contribution in [3.8, 4) is 0 Å². The maximum absolute atomic E-state index is 13.0. The van der Waals surface area contributed by atoms with Crippen LogP contribution < -0.4 is 16.8 Å². The number of nitrogens with zero attached hydrogens (tertiary/aromatic N) is 4. The lowest BCUT2D eigenvalue weighted by molar-refractivity contribution is -0.157. The Hall–Kier alpha value is -13.3. The number of ketones is 1. The second-order valence-corrected chi connectivity index (χ2v) is 30.6. The van der Waals surface area contributed by atoms with Crippen molar-refractivity contribution in [3.63, 3.8) is 0 Å². The van der Waals surface area contributed by atoms with Crippen molar-refractivity contribution < 1.29 is 163 Å². The van der Waals surface area contributed by atoms with Gasteiger partial charge in [0.05, 0.1) is 87.4 Å². The summed E-state index contributed by atoms with van der Waals surface area (Å²) in [7, 11) is 2.66. The molecule has 19 nitrogen and oxygen atoms in total. The van der Waals surface area contributed by atoms with Crippen LogP contribution in [0.5, 0.6) is 0 Å². The number of carboxylic acids is 2. The fraction of sp³-hybridized carbons (Fsp3) is 0.309. The van der Waals surface area contributed by atoms with Crippen LogP contribution in [-0.4, -0.2) is 93.4 Å². The standard InChI is InChI=1S/C22H26F3N3O4.C12H12F3NO2.C12H12F3NO.C11H14F3N.C11H12F3N.C11H9F3O.C10H7F3O2.C8H4BrF3O2/c1-5-15-11-16(22(23,24)25)7-8-17(15)14(4)28-21(30)32-18(20(29)31-13(2)3)12-19-26-9-6-10-27-19;1-4-8-7-9(12(13,14)15)5-6-10(8)11(17)16(2)18-3;1-3-9-6-10(12(13,14)15)4-5-11(9)8(2)16-7-17;3*1-3-8-6-9(11(12,13)14)4-5-10(8)7(2)15;1-2-6-5-7(10(11,12)13)3-4-8(6)9(14)15;9-6-3-4(8(10,11)12)1-2-5(6)7(13)14/h6-11,13-14,18H,5,12H2,1-4H3,(H,28,30);4-7H,1H2,2-3H3;4-6,8H,3H2,1-2H3;4-7H,3,15H2,1-2H3;3-7H,1,15H2,2H3;3-6H,1H2,2H3;2-5H,1H2,(H,14,15);1-3H,(H,13,14). The van der Waals surface area contributed by atoms with Crippen LogP contribution in [0.25, 0.3) is 24.3 Å². The number of aromatic carboxylic acids is 2. The number of benzene rings is 8. The number of hydrogen-bond donors (Lipinski definition) is 5. The van der Waals surface area contributed by atoms with Crippen molar-refractivity contribution in [1.29, 1.82) is 0 Å². The lowest BCUT2D eigenvalue weighted by Crippen LogP contribution is -2.38. The summed E-state index contributed by atoms with van der Waals surface area (Å²) in [4.78, 5) is 95.2. The van der Waals surface area contributed by atoms with Gasteiger partial charge < -0.3 is 36.5 Å². The van der Waals surface area contributed by atoms with Crippen LogP contribution in [0.2, 0.25) is 0 Å². The SMILES string of the molecule is C=Cc1cc(C(F)(F)F)ccc1C(=O)N(C)OC.C=Cc1cc(C(F)(F)F)ccc1C(=O)O.C=Cc1cc(C(F)(F)F)ccc1C(C)=O.C=Cc1cc(C(F)(F)F)ccc1C(C)N.CCc1cc(C(F)(F)F)ccc1C(C)N.CCc1cc(C(F)(F)F)ccc1C(C)N=C=O.CCc1cc(C(F)(F)F)ccc1C(C)NC(=O)OC(Cc1ncccn1)C(=O)OC(C)C.O=C(O)c1ccc(C(F)(F)F)cc1Br. The molecule has 0 radical (unpaired) electrons. The predicted octanol–water partition coefficient (Wildman–Crippen LogP) is 27.5. The number of carboxylic acid groups (broad SMARTS) is 2. The summed E-state index contributed by atoms with van der Waals surface area (Å²) in [6.07, 6.45) is -27.2. The van der Waals surface area contributed by atoms with Gasteiger partial charge in [-0.3, -0.25) is 14.4 Å². The Morgan fingerprint density at radius 3 is 1.11 bits per heavy atom. The van der Waals surface area contributed by atoms with Crippen LogP contribution in [-0.2, 0) is 99.0 Å². The van der Waals surface area contributed by atoms with Crippen LogP contribution in [0.15, 0.2) is 200 Å². The maximum Gasteiger partial charge on any atom is 0.416 e. The average molecular weight is 2090 g/mol. The molecule has 766 valence electrons. The van der Waals surface area contributed by atoms with Gasteiger partial charge >= 0.3 is 73.4 Å². The Balaban J connectivity index is 0.000000555. The van der Waals surface area contributed by atoms with Crippen molar-refractivity contribution in [2.24, 2.45) is 16.5 Å². The van der Waals surface area contributed by atoms with E-state index in [4.69, 9.17) is 36.0 Å². The molecule has 1 heterocycles. The number of rotatable bonds is 23. The van der Waals surface area contributed by atoms with Gasteiger partial charge in [0, 0.05) is 47.1 Å². The Bertz CT molecular complexity index is 5730. The third-order valence-corrected chi connectivity index (χ3v) is 19.9. The molecule has 7 N–H and O–H groups in total. The number of aryl methyl sites for hydroxylation is 3. The molecule has 0 bridgehead atoms. The number of hydrogen-bond acceptors (Lipinski definition) is 15. The number of halogens is 25. The number of aliphatic imine (C=N–C) groups is 1. The van der Waals surface area contributed by atoms with Gasteiger partial charge in [0.2, 0.25) is 12.2 Å². The zero-order valence-electron chi connectivity index (χ0n) is 76.9. The number of aromatic nitrogens is 2. The van der Waals surface area contributed by atoms with E-state index in [1.165, 1.54) is 94.2 Å². The molecular formula is C97H96BrF24N7O12. The molecular weight excluding hydrogens is 1990 g/mol. The summed E-state index contributed by atoms with van der Waals surface area (Å²) in [6.45, 7) is 30.2. The predicted molar refractivity (Wildman–Crippen MR) is 481 cm³/mol. The molecule has 44 heteroatoms. The van der Waals surface area contributed by atoms with Gasteiger partial charge in [0.1, 0.15) is 5.82 Å². The number of hydroxylamine groups is 2. The van der Waals surface area contributed by atoms with E-state index in [2.05, 4.69) is 62.5 Å². The first-order valence-corrected chi connectivity index (χ1v) is 41.9. The fourth-order valence-electron chi connectivity index (χ4n) is 12.1. The molecule has 0 fully saturated rings. The van der Waals surface area contributed by atoms with Gasteiger partial charge in [0.25, 0.3) is 5.91 Å². The monoisotopic (exact) mass is 2090 g/mol. The topological polar surface area (TPSA) is 293 Å². The van der Waals surface area contributed by atoms with Gasteiger partial charge in [-0.25, -0.2) is 39.0 Å². The van der Waals surface area contributed by atoms with Crippen LogP contribution >= 0.6 is 15.9 Å². The second kappa shape index (κ2) is 54.5. The Kier molecular flexibility index (Phi) is 47.8. The molecule has 0 saturated heterocycles. The number of Topliss-reactive ketones (excluding diaryl/α,β-unsaturated/α-hetero) is 1. The number of nitrogens with one attached hydrogen (secondary N) is 1. The highest BCUT2D eigenvalue weighted by atomic mass is 79.9. The van der Waals surface area contributed by atoms with Gasteiger partial charge in [-0.1, -0.05) is 102 Å². The van der Waals surface area contributed by atoms with E-state index in [0.29, 0.717) is 58.2 Å². The minimum absolute atomic E-state index is 0.0441. The summed E-state index contributed by atoms with van der Waals surface area (Å²) >= 11 is 2.76. The Morgan fingerprint density at radius 1 is 0.454 bits per heavy atom. The molecule has 9 aromatic rings. The second-order valence-electron chi connectivity index (χ2n) is 29.8. The van der Waals surface area contributed by atoms with E-state index in [0.717, 1.165) is 126 Å². The first-order chi connectivity index (χ1) is 65.0. The van der Waals surface area contributed by atoms with Crippen molar-refractivity contribution in [2.75, 3.05) is 14.2 Å². The van der Waals surface area contributed by atoms with E-state index in [1.807, 2.05) is 6.92 Å². The first kappa shape index (κ1) is 124. The number of carbonyl (C=O) groups excluding carboxylic acids is 5. The highest BCUT2D eigenvalue weighted by molar-refractivity contribution is 9.10. The zero-order valence-corrected chi connectivity index (χ0v) is 78.5. The van der Waals surface area contributed by atoms with Crippen molar-refractivity contribution in [1.82, 2.24) is 20.3 Å². The lowest BCUT2D eigenvalue weighted by atomic mass is 9.97. The van der Waals surface area contributed by atoms with Gasteiger partial charge in [-0.2, -0.15) is 110 Å². The quantitative estimate of drug-likeness (QED) is 0.00993. The average Bonchev–Trinajstić information content (AvgIpc) is 0.800. The van der Waals surface area contributed by atoms with E-state index < -0.39 is 148 Å². The summed E-state index contributed by atoms with van der Waals surface area (Å²) in [5.41, 5.74) is 10.1.